The molecule has 6 heteroatoms. The molecule has 2 spiro atoms. The molecule has 0 radical (unpaired) electrons. The van der Waals surface area contributed by atoms with Gasteiger partial charge in [-0.1, -0.05) is 160 Å². The first-order valence-corrected chi connectivity index (χ1v) is 35.3. The normalized spacial score (nSPS) is 28.2. The fourth-order valence-electron chi connectivity index (χ4n) is 24.5. The first-order valence-electron chi connectivity index (χ1n) is 35.3. The molecule has 0 aromatic heterocycles. The van der Waals surface area contributed by atoms with Crippen molar-refractivity contribution in [2.24, 2.45) is 41.4 Å². The van der Waals surface area contributed by atoms with Crippen LogP contribution in [0.2, 0.25) is 0 Å². The number of hydrogen-bond donors (Lipinski definition) is 0. The molecule has 8 bridgehead atoms. The van der Waals surface area contributed by atoms with E-state index >= 15 is 0 Å². The van der Waals surface area contributed by atoms with E-state index in [0.29, 0.717) is 29.6 Å². The number of nitrogens with zero attached hydrogens (tertiary/aromatic N) is 4. The van der Waals surface area contributed by atoms with Crippen molar-refractivity contribution >= 4 is 114 Å². The van der Waals surface area contributed by atoms with Crippen LogP contribution in [0.5, 0.6) is 0 Å². The molecule has 24 rings (SSSR count). The Labute approximate surface area is 543 Å². The highest BCUT2D eigenvalue weighted by molar-refractivity contribution is 7.01. The first-order chi connectivity index (χ1) is 45.0. The molecule has 4 nitrogen and oxygen atoms in total. The van der Waals surface area contributed by atoms with Crippen molar-refractivity contribution in [1.29, 1.82) is 0 Å². The Bertz CT molecular complexity index is 4890. The Morgan fingerprint density at radius 3 is 1.46 bits per heavy atom. The van der Waals surface area contributed by atoms with Gasteiger partial charge in [0.15, 0.2) is 0 Å². The van der Waals surface area contributed by atoms with Gasteiger partial charge < -0.3 is 19.6 Å². The highest BCUT2D eigenvalue weighted by Crippen LogP contribution is 2.74. The molecular formula is C86H76B2N4. The average molecular weight is 1190 g/mol. The Hall–Kier alpha value is -8.47. The first kappa shape index (κ1) is 52.1. The summed E-state index contributed by atoms with van der Waals surface area (Å²) < 4.78 is 0. The van der Waals surface area contributed by atoms with Gasteiger partial charge in [-0.05, 0) is 275 Å². The maximum absolute atomic E-state index is 2.77. The van der Waals surface area contributed by atoms with Crippen LogP contribution in [0.3, 0.4) is 0 Å². The summed E-state index contributed by atoms with van der Waals surface area (Å²) in [4.78, 5) is 10.8. The number of aryl methyl sites for hydroxylation is 2. The maximum atomic E-state index is 2.77. The molecule has 6 aliphatic heterocycles. The molecule has 446 valence electrons. The van der Waals surface area contributed by atoms with E-state index in [-0.39, 0.29) is 35.1 Å². The van der Waals surface area contributed by atoms with Crippen molar-refractivity contribution in [1.82, 2.24) is 0 Å². The summed E-state index contributed by atoms with van der Waals surface area (Å²) in [6, 6.07) is 83.3. The summed E-state index contributed by atoms with van der Waals surface area (Å²) >= 11 is 0. The number of fused-ring (bicyclic) bond motifs is 12. The summed E-state index contributed by atoms with van der Waals surface area (Å²) in [5.74, 6) is 4.96. The van der Waals surface area contributed by atoms with E-state index in [0.717, 1.165) is 11.8 Å². The fraction of sp³-hybridized carbons (Fsp3) is 0.302. The van der Waals surface area contributed by atoms with Crippen LogP contribution >= 0.6 is 0 Å². The number of para-hydroxylation sites is 4. The van der Waals surface area contributed by atoms with E-state index < -0.39 is 0 Å². The Morgan fingerprint density at radius 1 is 0.359 bits per heavy atom. The standard InChI is InChI=1S/C86H76B2N4/c1-50-16-10-18-62(38-50)90-73-27-11-17-51(2)78(73)88-68-24-13-22-66-82(68)92(77-31-15-29-75(90)80(77)88)71-26-9-7-20-64(71)86(66)59-44-54-45-60(86)49-84(47-54,48-59)55-32-35-61(36-33-55)89-72-37-34-56(83(3,4)5)46-69(72)87-67-23-12-21-65-81(67)91(76-30-14-28-74(89)79(76)87)70-25-8-6-19-63(70)85(65)57-40-52-39-53(42-57)43-58(85)41-52/h6-38,46,52-54,57-60H,39-45,47-49H2,1-5H3. The molecule has 92 heavy (non-hydrogen) atoms. The van der Waals surface area contributed by atoms with Crippen molar-refractivity contribution < 1.29 is 0 Å². The van der Waals surface area contributed by atoms with Crippen molar-refractivity contribution in [3.63, 3.8) is 0 Å². The Morgan fingerprint density at radius 2 is 0.848 bits per heavy atom. The van der Waals surface area contributed by atoms with Gasteiger partial charge in [-0.2, -0.15) is 0 Å². The van der Waals surface area contributed by atoms with Crippen LogP contribution in [0.25, 0.3) is 0 Å². The zero-order chi connectivity index (χ0) is 60.6. The van der Waals surface area contributed by atoms with Crippen LogP contribution in [0.1, 0.15) is 129 Å². The molecule has 8 saturated carbocycles. The van der Waals surface area contributed by atoms with Crippen molar-refractivity contribution in [3.8, 4) is 0 Å². The SMILES string of the molecule is Cc1cccc(N2c3cccc(C)c3B3c4cccc5c4N(c4ccccc4C54C5CC6CC4CC(c4ccc(N7c8ccc(C(C)(C)C)cc8B8c9cccc%10c9N(c9ccccc9C%109C%10CC%11CC(C%10)CC9C%11)c9cccc7c98)cc4)(C6)C5)c4cccc2c43)c1. The van der Waals surface area contributed by atoms with Crippen LogP contribution in [0, 0.1) is 55.3 Å². The minimum absolute atomic E-state index is 0.00217. The molecule has 10 aromatic rings. The highest BCUT2D eigenvalue weighted by atomic mass is 15.2. The van der Waals surface area contributed by atoms with Crippen molar-refractivity contribution in [2.45, 2.75) is 120 Å². The Balaban J connectivity index is 0.668. The minimum Gasteiger partial charge on any atom is -0.311 e. The van der Waals surface area contributed by atoms with Crippen LogP contribution in [0.4, 0.5) is 68.2 Å². The lowest BCUT2D eigenvalue weighted by Gasteiger charge is -2.68. The summed E-state index contributed by atoms with van der Waals surface area (Å²) in [5.41, 5.74) is 37.0. The third kappa shape index (κ3) is 6.22. The van der Waals surface area contributed by atoms with E-state index in [1.54, 1.807) is 27.8 Å². The third-order valence-electron chi connectivity index (χ3n) is 27.1. The predicted octanol–water partition coefficient (Wildman–Crippen LogP) is 17.2. The van der Waals surface area contributed by atoms with E-state index in [1.165, 1.54) is 182 Å². The molecule has 14 aliphatic rings. The smallest absolute Gasteiger partial charge is 0.252 e. The van der Waals surface area contributed by atoms with Crippen LogP contribution < -0.4 is 52.4 Å². The summed E-state index contributed by atoms with van der Waals surface area (Å²) in [6.07, 6.45) is 13.3. The zero-order valence-corrected chi connectivity index (χ0v) is 53.7. The van der Waals surface area contributed by atoms with Crippen LogP contribution in [-0.2, 0) is 21.7 Å². The number of hydrogen-bond acceptors (Lipinski definition) is 4. The monoisotopic (exact) mass is 1190 g/mol. The molecular weight excluding hydrogens is 1110 g/mol. The van der Waals surface area contributed by atoms with Gasteiger partial charge in [-0.3, -0.25) is 0 Å². The molecule has 8 aliphatic carbocycles. The second-order valence-electron chi connectivity index (χ2n) is 32.2. The molecule has 8 fully saturated rings. The Kier molecular flexibility index (Phi) is 9.96. The minimum atomic E-state index is -0.0818. The molecule has 6 heterocycles. The van der Waals surface area contributed by atoms with Gasteiger partial charge in [-0.25, -0.2) is 0 Å². The van der Waals surface area contributed by atoms with Crippen LogP contribution in [-0.4, -0.2) is 13.4 Å². The van der Waals surface area contributed by atoms with Gasteiger partial charge in [0, 0.05) is 67.7 Å². The highest BCUT2D eigenvalue weighted by Gasteiger charge is 2.67. The van der Waals surface area contributed by atoms with Gasteiger partial charge in [0.1, 0.15) is 0 Å². The maximum Gasteiger partial charge on any atom is 0.252 e. The third-order valence-corrected chi connectivity index (χ3v) is 27.1. The lowest BCUT2D eigenvalue weighted by atomic mass is 9.31. The lowest BCUT2D eigenvalue weighted by molar-refractivity contribution is -0.0613. The van der Waals surface area contributed by atoms with Crippen LogP contribution in [0.15, 0.2) is 206 Å². The molecule has 0 amide bonds. The number of benzene rings is 10. The van der Waals surface area contributed by atoms with Gasteiger partial charge in [0.25, 0.3) is 13.4 Å². The zero-order valence-electron chi connectivity index (χ0n) is 53.7. The summed E-state index contributed by atoms with van der Waals surface area (Å²) in [6.45, 7) is 12.0. The van der Waals surface area contributed by atoms with Gasteiger partial charge in [0.05, 0.1) is 11.4 Å². The quantitative estimate of drug-likeness (QED) is 0.163. The average Bonchev–Trinajstić information content (AvgIpc) is 0.669. The van der Waals surface area contributed by atoms with Gasteiger partial charge in [0.2, 0.25) is 0 Å². The largest absolute Gasteiger partial charge is 0.311 e. The second kappa shape index (κ2) is 17.6. The van der Waals surface area contributed by atoms with Gasteiger partial charge in [-0.15, -0.1) is 0 Å². The summed E-state index contributed by atoms with van der Waals surface area (Å²) in [7, 11) is 0. The van der Waals surface area contributed by atoms with E-state index in [2.05, 4.69) is 260 Å². The van der Waals surface area contributed by atoms with E-state index in [1.807, 2.05) is 0 Å². The second-order valence-corrected chi connectivity index (χ2v) is 32.2. The molecule has 2 unspecified atom stereocenters. The molecule has 2 atom stereocenters. The fourth-order valence-corrected chi connectivity index (χ4v) is 24.5. The van der Waals surface area contributed by atoms with Crippen molar-refractivity contribution in [3.05, 3.63) is 251 Å². The predicted molar refractivity (Wildman–Crippen MR) is 383 cm³/mol. The van der Waals surface area contributed by atoms with E-state index in [9.17, 15) is 0 Å². The molecule has 10 aromatic carbocycles. The number of rotatable bonds is 3. The summed E-state index contributed by atoms with van der Waals surface area (Å²) in [5, 5.41) is 0. The molecule has 0 N–H and O–H groups in total. The van der Waals surface area contributed by atoms with Gasteiger partial charge >= 0.3 is 0 Å². The molecule has 0 saturated heterocycles. The lowest BCUT2D eigenvalue weighted by Crippen LogP contribution is -2.65. The number of anilines is 12. The topological polar surface area (TPSA) is 13.0 Å². The van der Waals surface area contributed by atoms with Crippen molar-refractivity contribution in [2.75, 3.05) is 19.6 Å². The van der Waals surface area contributed by atoms with E-state index in [4.69, 9.17) is 0 Å².